The summed E-state index contributed by atoms with van der Waals surface area (Å²) in [7, 11) is 0. The predicted octanol–water partition coefficient (Wildman–Crippen LogP) is 5.29. The molecule has 2 aromatic carbocycles. The first-order valence-electron chi connectivity index (χ1n) is 10.8. The fourth-order valence-corrected chi connectivity index (χ4v) is 5.46. The quantitative estimate of drug-likeness (QED) is 0.388. The zero-order chi connectivity index (χ0) is 23.1. The smallest absolute Gasteiger partial charge is 0.449 e. The molecule has 2 fully saturated rings. The Morgan fingerprint density at radius 2 is 1.94 bits per heavy atom. The minimum Gasteiger partial charge on any atom is -0.449 e. The van der Waals surface area contributed by atoms with E-state index in [1.165, 1.54) is 10.8 Å². The molecule has 1 aliphatic heterocycles. The summed E-state index contributed by atoms with van der Waals surface area (Å²) >= 11 is 1.73. The van der Waals surface area contributed by atoms with Gasteiger partial charge in [0.1, 0.15) is 11.5 Å². The van der Waals surface area contributed by atoms with Crippen molar-refractivity contribution >= 4 is 34.5 Å². The molecule has 2 heterocycles. The summed E-state index contributed by atoms with van der Waals surface area (Å²) in [5, 5.41) is 8.71. The fraction of sp³-hybridized carbons (Fsp3) is 0.333. The van der Waals surface area contributed by atoms with Gasteiger partial charge in [0, 0.05) is 29.8 Å². The van der Waals surface area contributed by atoms with Gasteiger partial charge < -0.3 is 19.3 Å². The van der Waals surface area contributed by atoms with Gasteiger partial charge in [0.2, 0.25) is 5.43 Å². The van der Waals surface area contributed by atoms with Crippen molar-refractivity contribution in [3.8, 4) is 5.75 Å². The molecule has 0 bridgehead atoms. The third kappa shape index (κ3) is 4.29. The second-order valence-electron chi connectivity index (χ2n) is 8.47. The van der Waals surface area contributed by atoms with Crippen LogP contribution in [0, 0.1) is 17.6 Å². The number of carbonyl (C=O) groups is 1. The van der Waals surface area contributed by atoms with Crippen molar-refractivity contribution in [2.45, 2.75) is 30.2 Å². The molecular formula is C24H22F2N2O4S. The number of anilines is 1. The summed E-state index contributed by atoms with van der Waals surface area (Å²) in [6.45, 7) is 1.04. The number of carboxylic acid groups (broad SMARTS) is 1. The van der Waals surface area contributed by atoms with Crippen molar-refractivity contribution in [3.05, 3.63) is 64.5 Å². The number of ether oxygens (including phenoxy) is 1. The van der Waals surface area contributed by atoms with E-state index in [1.54, 1.807) is 16.7 Å². The van der Waals surface area contributed by atoms with Gasteiger partial charge in [0.05, 0.1) is 17.1 Å². The Balaban J connectivity index is 1.47. The third-order valence-electron chi connectivity index (χ3n) is 6.12. The molecular weight excluding hydrogens is 450 g/mol. The highest BCUT2D eigenvalue weighted by Gasteiger charge is 2.32. The molecule has 3 aromatic rings. The Bertz CT molecular complexity index is 1280. The summed E-state index contributed by atoms with van der Waals surface area (Å²) in [4.78, 5) is 26.6. The molecule has 1 aliphatic carbocycles. The van der Waals surface area contributed by atoms with E-state index < -0.39 is 29.0 Å². The molecule has 1 aromatic heterocycles. The Morgan fingerprint density at radius 3 is 2.64 bits per heavy atom. The molecule has 2 aliphatic rings. The van der Waals surface area contributed by atoms with Crippen LogP contribution < -0.4 is 15.1 Å². The van der Waals surface area contributed by atoms with E-state index in [0.717, 1.165) is 36.0 Å². The average Bonchev–Trinajstić information content (AvgIpc) is 3.53. The maximum Gasteiger partial charge on any atom is 0.511 e. The highest BCUT2D eigenvalue weighted by Crippen LogP contribution is 2.41. The largest absolute Gasteiger partial charge is 0.511 e. The van der Waals surface area contributed by atoms with Gasteiger partial charge in [0.25, 0.3) is 0 Å². The maximum absolute atomic E-state index is 15.8. The number of pyridine rings is 1. The zero-order valence-electron chi connectivity index (χ0n) is 17.7. The highest BCUT2D eigenvalue weighted by molar-refractivity contribution is 7.99. The number of fused-ring (bicyclic) bond motifs is 1. The number of aromatic nitrogens is 1. The van der Waals surface area contributed by atoms with Crippen LogP contribution in [-0.2, 0) is 0 Å². The van der Waals surface area contributed by atoms with Crippen molar-refractivity contribution < 1.29 is 23.4 Å². The van der Waals surface area contributed by atoms with Gasteiger partial charge in [-0.3, -0.25) is 4.79 Å². The van der Waals surface area contributed by atoms with Gasteiger partial charge in [0.15, 0.2) is 11.6 Å². The van der Waals surface area contributed by atoms with Gasteiger partial charge in [-0.2, -0.15) is 0 Å². The molecule has 1 saturated heterocycles. The van der Waals surface area contributed by atoms with Crippen molar-refractivity contribution in [3.63, 3.8) is 0 Å². The molecule has 0 spiro atoms. The number of halogens is 2. The lowest BCUT2D eigenvalue weighted by Crippen LogP contribution is -2.24. The number of hydrogen-bond acceptors (Lipinski definition) is 5. The molecule has 1 unspecified atom stereocenters. The molecule has 9 heteroatoms. The summed E-state index contributed by atoms with van der Waals surface area (Å²) in [5.41, 5.74) is -0.971. The number of benzene rings is 2. The number of rotatable bonds is 6. The lowest BCUT2D eigenvalue weighted by atomic mass is 10.1. The lowest BCUT2D eigenvalue weighted by molar-refractivity contribution is 0.143. The number of nitrogens with zero attached hydrogens (tertiary/aromatic N) is 2. The van der Waals surface area contributed by atoms with E-state index >= 15 is 8.78 Å². The second-order valence-corrected chi connectivity index (χ2v) is 9.56. The van der Waals surface area contributed by atoms with Crippen molar-refractivity contribution in [2.75, 3.05) is 23.7 Å². The Hall–Kier alpha value is -3.07. The van der Waals surface area contributed by atoms with Gasteiger partial charge in [-0.1, -0.05) is 18.2 Å². The Kier molecular flexibility index (Phi) is 5.74. The van der Waals surface area contributed by atoms with Gasteiger partial charge in [-0.15, -0.1) is 11.8 Å². The first kappa shape index (κ1) is 21.8. The van der Waals surface area contributed by atoms with Gasteiger partial charge in [-0.25, -0.2) is 13.6 Å². The number of hydrogen-bond donors (Lipinski definition) is 1. The lowest BCUT2D eigenvalue weighted by Gasteiger charge is -2.22. The predicted molar refractivity (Wildman–Crippen MR) is 123 cm³/mol. The molecule has 172 valence electrons. The SMILES string of the molecule is O=C(O)Oc1cn(C2CC2)c2c(F)c(N3CCC(CSc4ccccc4)C3)c(F)cc2c1=O. The minimum absolute atomic E-state index is 0.00116. The van der Waals surface area contributed by atoms with Crippen LogP contribution in [-0.4, -0.2) is 34.7 Å². The van der Waals surface area contributed by atoms with Crippen LogP contribution in [0.1, 0.15) is 25.3 Å². The highest BCUT2D eigenvalue weighted by atomic mass is 32.2. The number of thioether (sulfide) groups is 1. The minimum atomic E-state index is -1.65. The van der Waals surface area contributed by atoms with E-state index in [2.05, 4.69) is 4.74 Å². The van der Waals surface area contributed by atoms with Crippen LogP contribution in [0.5, 0.6) is 5.75 Å². The molecule has 5 rings (SSSR count). The molecule has 6 nitrogen and oxygen atoms in total. The Morgan fingerprint density at radius 1 is 1.18 bits per heavy atom. The molecule has 1 atom stereocenters. The normalized spacial score (nSPS) is 18.1. The first-order valence-corrected chi connectivity index (χ1v) is 11.8. The van der Waals surface area contributed by atoms with E-state index in [9.17, 15) is 9.59 Å². The van der Waals surface area contributed by atoms with E-state index in [4.69, 9.17) is 5.11 Å². The summed E-state index contributed by atoms with van der Waals surface area (Å²) in [6.07, 6.45) is 1.92. The monoisotopic (exact) mass is 472 g/mol. The molecule has 0 radical (unpaired) electrons. The second kappa shape index (κ2) is 8.70. The van der Waals surface area contributed by atoms with Crippen LogP contribution in [0.2, 0.25) is 0 Å². The van der Waals surface area contributed by atoms with Crippen LogP contribution in [0.25, 0.3) is 10.9 Å². The van der Waals surface area contributed by atoms with Crippen LogP contribution in [0.15, 0.2) is 52.3 Å². The van der Waals surface area contributed by atoms with Gasteiger partial charge in [-0.05, 0) is 43.4 Å². The van der Waals surface area contributed by atoms with Crippen molar-refractivity contribution in [1.82, 2.24) is 4.57 Å². The van der Waals surface area contributed by atoms with Crippen molar-refractivity contribution in [2.24, 2.45) is 5.92 Å². The zero-order valence-corrected chi connectivity index (χ0v) is 18.5. The summed E-state index contributed by atoms with van der Waals surface area (Å²) in [5.74, 6) is -0.940. The third-order valence-corrected chi connectivity index (χ3v) is 7.36. The standard InChI is InChI=1S/C24H22F2N2O4S/c25-18-10-17-21(28(15-6-7-15)12-19(23(17)29)32-24(30)31)20(26)22(18)27-9-8-14(11-27)13-33-16-4-2-1-3-5-16/h1-5,10,12,14-15H,6-9,11,13H2,(H,30,31). The van der Waals surface area contributed by atoms with E-state index in [1.807, 2.05) is 30.3 Å². The maximum atomic E-state index is 15.8. The van der Waals surface area contributed by atoms with E-state index in [-0.39, 0.29) is 28.6 Å². The topological polar surface area (TPSA) is 71.8 Å². The first-order chi connectivity index (χ1) is 15.9. The van der Waals surface area contributed by atoms with Gasteiger partial charge >= 0.3 is 6.16 Å². The molecule has 0 amide bonds. The van der Waals surface area contributed by atoms with Crippen LogP contribution >= 0.6 is 11.8 Å². The van der Waals surface area contributed by atoms with Crippen LogP contribution in [0.4, 0.5) is 19.3 Å². The van der Waals surface area contributed by atoms with Crippen LogP contribution in [0.3, 0.4) is 0 Å². The fourth-order valence-electron chi connectivity index (χ4n) is 4.41. The molecule has 33 heavy (non-hydrogen) atoms. The molecule has 1 N–H and O–H groups in total. The van der Waals surface area contributed by atoms with E-state index in [0.29, 0.717) is 13.1 Å². The summed E-state index contributed by atoms with van der Waals surface area (Å²) in [6, 6.07) is 10.9. The summed E-state index contributed by atoms with van der Waals surface area (Å²) < 4.78 is 37.0. The molecule has 1 saturated carbocycles. The Labute approximate surface area is 192 Å². The average molecular weight is 473 g/mol. The van der Waals surface area contributed by atoms with Crippen molar-refractivity contribution in [1.29, 1.82) is 0 Å².